The van der Waals surface area contributed by atoms with Gasteiger partial charge >= 0.3 is 0 Å². The zero-order valence-electron chi connectivity index (χ0n) is 11.5. The highest BCUT2D eigenvalue weighted by Gasteiger charge is 2.20. The van der Waals surface area contributed by atoms with Crippen LogP contribution in [0.25, 0.3) is 0 Å². The maximum atomic E-state index is 3.67. The fourth-order valence-electron chi connectivity index (χ4n) is 3.06. The fourth-order valence-corrected chi connectivity index (χ4v) is 3.06. The minimum Gasteiger partial charge on any atom is -0.313 e. The van der Waals surface area contributed by atoms with Gasteiger partial charge in [0.05, 0.1) is 0 Å². The number of likely N-dealkylation sites (tertiary alicyclic amines) is 2. The second kappa shape index (κ2) is 7.34. The first-order chi connectivity index (χ1) is 8.38. The molecule has 2 aliphatic heterocycles. The van der Waals surface area contributed by atoms with E-state index < -0.39 is 0 Å². The summed E-state index contributed by atoms with van der Waals surface area (Å²) in [6.07, 6.45) is 6.84. The average molecular weight is 239 g/mol. The summed E-state index contributed by atoms with van der Waals surface area (Å²) in [5, 5.41) is 3.67. The average Bonchev–Trinajstić information content (AvgIpc) is 2.87. The molecule has 0 aromatic heterocycles. The van der Waals surface area contributed by atoms with Crippen LogP contribution in [-0.4, -0.2) is 61.7 Å². The van der Waals surface area contributed by atoms with Crippen LogP contribution in [-0.2, 0) is 0 Å². The number of nitrogens with one attached hydrogen (secondary N) is 1. The SMILES string of the molecule is CCCNC1CCCN(CCN2CCCC2)C1. The highest BCUT2D eigenvalue weighted by Crippen LogP contribution is 2.11. The van der Waals surface area contributed by atoms with Gasteiger partial charge in [-0.25, -0.2) is 0 Å². The molecule has 2 saturated heterocycles. The minimum atomic E-state index is 0.752. The first-order valence-corrected chi connectivity index (χ1v) is 7.56. The Hall–Kier alpha value is -0.120. The molecule has 3 heteroatoms. The normalized spacial score (nSPS) is 27.7. The summed E-state index contributed by atoms with van der Waals surface area (Å²) in [5.41, 5.74) is 0. The van der Waals surface area contributed by atoms with E-state index in [1.54, 1.807) is 0 Å². The highest BCUT2D eigenvalue weighted by atomic mass is 15.2. The van der Waals surface area contributed by atoms with Crippen LogP contribution < -0.4 is 5.32 Å². The van der Waals surface area contributed by atoms with Crippen molar-refractivity contribution in [2.24, 2.45) is 0 Å². The first-order valence-electron chi connectivity index (χ1n) is 7.56. The highest BCUT2D eigenvalue weighted by molar-refractivity contribution is 4.79. The third-order valence-electron chi connectivity index (χ3n) is 4.12. The molecule has 3 nitrogen and oxygen atoms in total. The molecular weight excluding hydrogens is 210 g/mol. The molecule has 0 bridgehead atoms. The molecule has 1 N–H and O–H groups in total. The molecule has 2 aliphatic rings. The molecule has 0 aromatic rings. The summed E-state index contributed by atoms with van der Waals surface area (Å²) >= 11 is 0. The Bertz CT molecular complexity index is 202. The predicted octanol–water partition coefficient (Wildman–Crippen LogP) is 1.55. The van der Waals surface area contributed by atoms with Gasteiger partial charge in [-0.3, -0.25) is 0 Å². The van der Waals surface area contributed by atoms with Gasteiger partial charge in [-0.2, -0.15) is 0 Å². The summed E-state index contributed by atoms with van der Waals surface area (Å²) in [7, 11) is 0. The predicted molar refractivity (Wildman–Crippen MR) is 73.4 cm³/mol. The van der Waals surface area contributed by atoms with Gasteiger partial charge in [-0.15, -0.1) is 0 Å². The van der Waals surface area contributed by atoms with Crippen LogP contribution in [0.1, 0.15) is 39.0 Å². The molecular formula is C14H29N3. The van der Waals surface area contributed by atoms with E-state index in [1.165, 1.54) is 77.9 Å². The Balaban J connectivity index is 1.62. The molecule has 1 unspecified atom stereocenters. The van der Waals surface area contributed by atoms with Crippen molar-refractivity contribution in [3.05, 3.63) is 0 Å². The van der Waals surface area contributed by atoms with Gasteiger partial charge in [0.2, 0.25) is 0 Å². The summed E-state index contributed by atoms with van der Waals surface area (Å²) < 4.78 is 0. The van der Waals surface area contributed by atoms with E-state index in [2.05, 4.69) is 22.0 Å². The van der Waals surface area contributed by atoms with Crippen LogP contribution in [0.4, 0.5) is 0 Å². The van der Waals surface area contributed by atoms with Crippen molar-refractivity contribution in [2.45, 2.75) is 45.1 Å². The smallest absolute Gasteiger partial charge is 0.0195 e. The number of nitrogens with zero attached hydrogens (tertiary/aromatic N) is 2. The lowest BCUT2D eigenvalue weighted by atomic mass is 10.1. The van der Waals surface area contributed by atoms with E-state index in [0.717, 1.165) is 6.04 Å². The van der Waals surface area contributed by atoms with Crippen LogP contribution in [0.5, 0.6) is 0 Å². The number of piperidine rings is 1. The van der Waals surface area contributed by atoms with Gasteiger partial charge in [0.1, 0.15) is 0 Å². The van der Waals surface area contributed by atoms with Gasteiger partial charge in [-0.05, 0) is 58.3 Å². The van der Waals surface area contributed by atoms with Crippen molar-refractivity contribution < 1.29 is 0 Å². The van der Waals surface area contributed by atoms with Crippen molar-refractivity contribution in [3.63, 3.8) is 0 Å². The quantitative estimate of drug-likeness (QED) is 0.758. The zero-order valence-corrected chi connectivity index (χ0v) is 11.5. The second-order valence-electron chi connectivity index (χ2n) is 5.64. The van der Waals surface area contributed by atoms with Crippen molar-refractivity contribution in [3.8, 4) is 0 Å². The Kier molecular flexibility index (Phi) is 5.75. The third kappa shape index (κ3) is 4.57. The van der Waals surface area contributed by atoms with Crippen molar-refractivity contribution in [1.82, 2.24) is 15.1 Å². The molecule has 0 aromatic carbocycles. The van der Waals surface area contributed by atoms with E-state index in [4.69, 9.17) is 0 Å². The fraction of sp³-hybridized carbons (Fsp3) is 1.00. The largest absolute Gasteiger partial charge is 0.313 e. The molecule has 2 rings (SSSR count). The lowest BCUT2D eigenvalue weighted by molar-refractivity contribution is 0.169. The molecule has 0 saturated carbocycles. The van der Waals surface area contributed by atoms with Crippen LogP contribution in [0, 0.1) is 0 Å². The van der Waals surface area contributed by atoms with Gasteiger partial charge in [-0.1, -0.05) is 6.92 Å². The Morgan fingerprint density at radius 2 is 1.71 bits per heavy atom. The molecule has 0 amide bonds. The molecule has 2 heterocycles. The van der Waals surface area contributed by atoms with E-state index >= 15 is 0 Å². The van der Waals surface area contributed by atoms with Crippen molar-refractivity contribution in [2.75, 3.05) is 45.8 Å². The maximum Gasteiger partial charge on any atom is 0.0195 e. The minimum absolute atomic E-state index is 0.752. The molecule has 0 aliphatic carbocycles. The molecule has 2 fully saturated rings. The number of hydrogen-bond donors (Lipinski definition) is 1. The van der Waals surface area contributed by atoms with Crippen LogP contribution in [0.2, 0.25) is 0 Å². The summed E-state index contributed by atoms with van der Waals surface area (Å²) in [6, 6.07) is 0.752. The summed E-state index contributed by atoms with van der Waals surface area (Å²) in [6.45, 7) is 11.3. The topological polar surface area (TPSA) is 18.5 Å². The lowest BCUT2D eigenvalue weighted by Gasteiger charge is -2.34. The van der Waals surface area contributed by atoms with Gasteiger partial charge < -0.3 is 15.1 Å². The van der Waals surface area contributed by atoms with Crippen molar-refractivity contribution in [1.29, 1.82) is 0 Å². The molecule has 100 valence electrons. The van der Waals surface area contributed by atoms with E-state index in [1.807, 2.05) is 0 Å². The van der Waals surface area contributed by atoms with Gasteiger partial charge in [0.15, 0.2) is 0 Å². The second-order valence-corrected chi connectivity index (χ2v) is 5.64. The lowest BCUT2D eigenvalue weighted by Crippen LogP contribution is -2.47. The van der Waals surface area contributed by atoms with E-state index in [0.29, 0.717) is 0 Å². The van der Waals surface area contributed by atoms with E-state index in [-0.39, 0.29) is 0 Å². The van der Waals surface area contributed by atoms with Crippen LogP contribution in [0.3, 0.4) is 0 Å². The van der Waals surface area contributed by atoms with Gasteiger partial charge in [0.25, 0.3) is 0 Å². The third-order valence-corrected chi connectivity index (χ3v) is 4.12. The van der Waals surface area contributed by atoms with Crippen LogP contribution in [0.15, 0.2) is 0 Å². The zero-order chi connectivity index (χ0) is 11.9. The number of rotatable bonds is 6. The standard InChI is InChI=1S/C14H29N3/c1-2-7-15-14-6-5-10-17(13-14)12-11-16-8-3-4-9-16/h14-15H,2-13H2,1H3. The van der Waals surface area contributed by atoms with Crippen molar-refractivity contribution >= 4 is 0 Å². The maximum absolute atomic E-state index is 3.67. The molecule has 0 spiro atoms. The number of hydrogen-bond acceptors (Lipinski definition) is 3. The monoisotopic (exact) mass is 239 g/mol. The van der Waals surface area contributed by atoms with Crippen LogP contribution >= 0.6 is 0 Å². The Labute approximate surface area is 107 Å². The molecule has 1 atom stereocenters. The van der Waals surface area contributed by atoms with Gasteiger partial charge in [0, 0.05) is 25.7 Å². The Morgan fingerprint density at radius 3 is 2.47 bits per heavy atom. The summed E-state index contributed by atoms with van der Waals surface area (Å²) in [4.78, 5) is 5.29. The first kappa shape index (κ1) is 13.3. The molecule has 0 radical (unpaired) electrons. The summed E-state index contributed by atoms with van der Waals surface area (Å²) in [5.74, 6) is 0. The Morgan fingerprint density at radius 1 is 1.00 bits per heavy atom. The molecule has 17 heavy (non-hydrogen) atoms. The van der Waals surface area contributed by atoms with E-state index in [9.17, 15) is 0 Å².